The van der Waals surface area contributed by atoms with E-state index in [0.717, 1.165) is 19.0 Å². The van der Waals surface area contributed by atoms with E-state index in [0.29, 0.717) is 0 Å². The van der Waals surface area contributed by atoms with Crippen molar-refractivity contribution in [2.45, 2.75) is 20.4 Å². The molecule has 0 bridgehead atoms. The third-order valence-corrected chi connectivity index (χ3v) is 2.85. The van der Waals surface area contributed by atoms with E-state index >= 15 is 0 Å². The average Bonchev–Trinajstić information content (AvgIpc) is 2.07. The van der Waals surface area contributed by atoms with Crippen molar-refractivity contribution in [2.75, 3.05) is 13.6 Å². The normalized spacial score (nSPS) is 11.3. The molecule has 0 atom stereocenters. The maximum absolute atomic E-state index is 3.56. The summed E-state index contributed by atoms with van der Waals surface area (Å²) >= 11 is 3.56. The average molecular weight is 256 g/mol. The van der Waals surface area contributed by atoms with Gasteiger partial charge < -0.3 is 4.90 Å². The van der Waals surface area contributed by atoms with Crippen LogP contribution < -0.4 is 0 Å². The first-order valence-electron chi connectivity index (χ1n) is 5.01. The molecule has 0 aliphatic heterocycles. The fourth-order valence-electron chi connectivity index (χ4n) is 1.61. The quantitative estimate of drug-likeness (QED) is 0.796. The van der Waals surface area contributed by atoms with Gasteiger partial charge in [-0.25, -0.2) is 0 Å². The Morgan fingerprint density at radius 2 is 1.93 bits per heavy atom. The highest BCUT2D eigenvalue weighted by molar-refractivity contribution is 9.10. The van der Waals surface area contributed by atoms with E-state index in [-0.39, 0.29) is 0 Å². The van der Waals surface area contributed by atoms with Crippen LogP contribution in [0.4, 0.5) is 0 Å². The predicted molar refractivity (Wildman–Crippen MR) is 65.3 cm³/mol. The Kier molecular flexibility index (Phi) is 4.63. The third-order valence-electron chi connectivity index (χ3n) is 2.07. The van der Waals surface area contributed by atoms with E-state index in [1.165, 1.54) is 10.0 Å². The van der Waals surface area contributed by atoms with Gasteiger partial charge in [0.1, 0.15) is 0 Å². The number of benzene rings is 1. The minimum absolute atomic E-state index is 0.725. The van der Waals surface area contributed by atoms with Gasteiger partial charge >= 0.3 is 0 Å². The standard InChI is InChI=1S/C12H18BrN/c1-10(2)8-14(3)9-11-6-4-5-7-12(11)13/h4-7,10H,8-9H2,1-3H3. The minimum atomic E-state index is 0.725. The highest BCUT2D eigenvalue weighted by Crippen LogP contribution is 2.17. The van der Waals surface area contributed by atoms with Crippen LogP contribution in [0, 0.1) is 5.92 Å². The van der Waals surface area contributed by atoms with Crippen molar-refractivity contribution in [3.05, 3.63) is 34.3 Å². The van der Waals surface area contributed by atoms with E-state index in [1.807, 2.05) is 0 Å². The lowest BCUT2D eigenvalue weighted by molar-refractivity contribution is 0.288. The van der Waals surface area contributed by atoms with Crippen molar-refractivity contribution >= 4 is 15.9 Å². The summed E-state index contributed by atoms with van der Waals surface area (Å²) < 4.78 is 1.20. The van der Waals surface area contributed by atoms with Crippen molar-refractivity contribution in [3.8, 4) is 0 Å². The number of halogens is 1. The zero-order valence-electron chi connectivity index (χ0n) is 9.13. The lowest BCUT2D eigenvalue weighted by atomic mass is 10.2. The number of hydrogen-bond donors (Lipinski definition) is 0. The first-order chi connectivity index (χ1) is 6.59. The molecule has 0 radical (unpaired) electrons. The van der Waals surface area contributed by atoms with E-state index in [1.54, 1.807) is 0 Å². The van der Waals surface area contributed by atoms with Crippen LogP contribution in [-0.4, -0.2) is 18.5 Å². The molecule has 14 heavy (non-hydrogen) atoms. The second-order valence-electron chi connectivity index (χ2n) is 4.18. The third kappa shape index (κ3) is 3.81. The van der Waals surface area contributed by atoms with Gasteiger partial charge in [0.15, 0.2) is 0 Å². The van der Waals surface area contributed by atoms with Crippen LogP contribution in [0.15, 0.2) is 28.7 Å². The van der Waals surface area contributed by atoms with E-state index in [2.05, 4.69) is 66.0 Å². The zero-order valence-corrected chi connectivity index (χ0v) is 10.7. The Hall–Kier alpha value is -0.340. The van der Waals surface area contributed by atoms with Crippen molar-refractivity contribution in [3.63, 3.8) is 0 Å². The molecule has 0 aliphatic rings. The molecule has 2 heteroatoms. The van der Waals surface area contributed by atoms with Gasteiger partial charge in [0.2, 0.25) is 0 Å². The molecule has 1 aromatic carbocycles. The van der Waals surface area contributed by atoms with Gasteiger partial charge in [-0.05, 0) is 24.6 Å². The summed E-state index contributed by atoms with van der Waals surface area (Å²) in [7, 11) is 2.17. The Morgan fingerprint density at radius 1 is 1.29 bits per heavy atom. The lowest BCUT2D eigenvalue weighted by Crippen LogP contribution is -2.22. The molecule has 1 rings (SSSR count). The summed E-state index contributed by atoms with van der Waals surface area (Å²) in [6.45, 7) is 6.65. The molecule has 0 aliphatic carbocycles. The van der Waals surface area contributed by atoms with Crippen LogP contribution >= 0.6 is 15.9 Å². The summed E-state index contributed by atoms with van der Waals surface area (Å²) in [6.07, 6.45) is 0. The number of rotatable bonds is 4. The summed E-state index contributed by atoms with van der Waals surface area (Å²) in [5.41, 5.74) is 1.36. The Balaban J connectivity index is 2.56. The highest BCUT2D eigenvalue weighted by atomic mass is 79.9. The summed E-state index contributed by atoms with van der Waals surface area (Å²) in [4.78, 5) is 2.35. The minimum Gasteiger partial charge on any atom is -0.302 e. The number of hydrogen-bond acceptors (Lipinski definition) is 1. The fourth-order valence-corrected chi connectivity index (χ4v) is 2.02. The van der Waals surface area contributed by atoms with Gasteiger partial charge in [-0.2, -0.15) is 0 Å². The van der Waals surface area contributed by atoms with Crippen molar-refractivity contribution in [2.24, 2.45) is 5.92 Å². The van der Waals surface area contributed by atoms with Crippen molar-refractivity contribution in [1.82, 2.24) is 4.90 Å². The maximum atomic E-state index is 3.56. The first kappa shape index (κ1) is 11.7. The molecule has 0 heterocycles. The summed E-state index contributed by atoms with van der Waals surface area (Å²) in [5, 5.41) is 0. The molecule has 0 spiro atoms. The smallest absolute Gasteiger partial charge is 0.0242 e. The van der Waals surface area contributed by atoms with Gasteiger partial charge in [0.05, 0.1) is 0 Å². The predicted octanol–water partition coefficient (Wildman–Crippen LogP) is 3.54. The van der Waals surface area contributed by atoms with Gasteiger partial charge in [-0.15, -0.1) is 0 Å². The van der Waals surface area contributed by atoms with Crippen LogP contribution in [0.3, 0.4) is 0 Å². The highest BCUT2D eigenvalue weighted by Gasteiger charge is 2.04. The molecule has 78 valence electrons. The molecule has 0 aromatic heterocycles. The Morgan fingerprint density at radius 3 is 2.50 bits per heavy atom. The van der Waals surface area contributed by atoms with Gasteiger partial charge in [-0.3, -0.25) is 0 Å². The Labute approximate surface area is 95.2 Å². The van der Waals surface area contributed by atoms with Crippen LogP contribution in [0.2, 0.25) is 0 Å². The maximum Gasteiger partial charge on any atom is 0.0242 e. The van der Waals surface area contributed by atoms with Gasteiger partial charge in [0, 0.05) is 17.6 Å². The molecule has 1 aromatic rings. The van der Waals surface area contributed by atoms with Crippen LogP contribution in [0.5, 0.6) is 0 Å². The molecule has 0 N–H and O–H groups in total. The molecule has 0 fully saturated rings. The van der Waals surface area contributed by atoms with Crippen molar-refractivity contribution < 1.29 is 0 Å². The topological polar surface area (TPSA) is 3.24 Å². The summed E-state index contributed by atoms with van der Waals surface area (Å²) in [5.74, 6) is 0.725. The molecule has 1 nitrogen and oxygen atoms in total. The fraction of sp³-hybridized carbons (Fsp3) is 0.500. The zero-order chi connectivity index (χ0) is 10.6. The lowest BCUT2D eigenvalue weighted by Gasteiger charge is -2.19. The molecule has 0 saturated carbocycles. The van der Waals surface area contributed by atoms with E-state index in [9.17, 15) is 0 Å². The molecule has 0 amide bonds. The second kappa shape index (κ2) is 5.52. The second-order valence-corrected chi connectivity index (χ2v) is 5.04. The largest absolute Gasteiger partial charge is 0.302 e. The van der Waals surface area contributed by atoms with Crippen LogP contribution in [0.25, 0.3) is 0 Å². The van der Waals surface area contributed by atoms with Crippen LogP contribution in [-0.2, 0) is 6.54 Å². The molecular weight excluding hydrogens is 238 g/mol. The first-order valence-corrected chi connectivity index (χ1v) is 5.81. The number of nitrogens with zero attached hydrogens (tertiary/aromatic N) is 1. The van der Waals surface area contributed by atoms with E-state index in [4.69, 9.17) is 0 Å². The Bertz CT molecular complexity index is 283. The molecule has 0 saturated heterocycles. The SMILES string of the molecule is CC(C)CN(C)Cc1ccccc1Br. The van der Waals surface area contributed by atoms with Gasteiger partial charge in [0.25, 0.3) is 0 Å². The molecular formula is C12H18BrN. The van der Waals surface area contributed by atoms with Gasteiger partial charge in [-0.1, -0.05) is 48.0 Å². The monoisotopic (exact) mass is 255 g/mol. The van der Waals surface area contributed by atoms with Crippen LogP contribution in [0.1, 0.15) is 19.4 Å². The molecule has 0 unspecified atom stereocenters. The van der Waals surface area contributed by atoms with E-state index < -0.39 is 0 Å². The van der Waals surface area contributed by atoms with Crippen molar-refractivity contribution in [1.29, 1.82) is 0 Å². The summed E-state index contributed by atoms with van der Waals surface area (Å²) in [6, 6.07) is 8.40.